The van der Waals surface area contributed by atoms with Crippen LogP contribution < -0.4 is 20.9 Å². The zero-order chi connectivity index (χ0) is 24.8. The molecule has 10 heteroatoms. The molecule has 3 aliphatic rings. The van der Waals surface area contributed by atoms with Gasteiger partial charge in [0, 0.05) is 55.2 Å². The van der Waals surface area contributed by atoms with Crippen molar-refractivity contribution in [3.8, 4) is 0 Å². The van der Waals surface area contributed by atoms with E-state index in [0.29, 0.717) is 34.6 Å². The monoisotopic (exact) mass is 504 g/mol. The van der Waals surface area contributed by atoms with Gasteiger partial charge in [-0.3, -0.25) is 4.79 Å². The topological polar surface area (TPSA) is 89.8 Å². The average Bonchev–Trinajstić information content (AvgIpc) is 3.49. The molecule has 6 rings (SSSR count). The van der Waals surface area contributed by atoms with Crippen molar-refractivity contribution in [2.24, 2.45) is 0 Å². The molecule has 1 saturated carbocycles. The van der Waals surface area contributed by atoms with Crippen molar-refractivity contribution in [2.75, 3.05) is 48.8 Å². The van der Waals surface area contributed by atoms with E-state index in [1.165, 1.54) is 0 Å². The van der Waals surface area contributed by atoms with Crippen LogP contribution >= 0.6 is 11.6 Å². The molecule has 4 heterocycles. The van der Waals surface area contributed by atoms with Crippen LogP contribution in [0.2, 0.25) is 5.02 Å². The van der Waals surface area contributed by atoms with E-state index in [9.17, 15) is 4.79 Å². The van der Waals surface area contributed by atoms with Crippen LogP contribution in [0.5, 0.6) is 0 Å². The summed E-state index contributed by atoms with van der Waals surface area (Å²) in [6.45, 7) is 8.00. The summed E-state index contributed by atoms with van der Waals surface area (Å²) in [7, 11) is 2.15. The average molecular weight is 505 g/mol. The van der Waals surface area contributed by atoms with E-state index in [0.717, 1.165) is 67.3 Å². The van der Waals surface area contributed by atoms with Crippen LogP contribution in [0.25, 0.3) is 11.7 Å². The molecular formula is C26H29ClN8O. The molecule has 2 aromatic heterocycles. The summed E-state index contributed by atoms with van der Waals surface area (Å²) in [6, 6.07) is 8.53. The Balaban J connectivity index is 1.32. The molecule has 9 nitrogen and oxygen atoms in total. The number of amides is 1. The Morgan fingerprint density at radius 1 is 1.19 bits per heavy atom. The van der Waals surface area contributed by atoms with Gasteiger partial charge in [0.1, 0.15) is 11.6 Å². The Bertz CT molecular complexity index is 1380. The van der Waals surface area contributed by atoms with Gasteiger partial charge in [-0.25, -0.2) is 4.98 Å². The maximum Gasteiger partial charge on any atom is 0.228 e. The number of fused-ring (bicyclic) bond motifs is 1. The molecule has 2 saturated heterocycles. The molecule has 36 heavy (non-hydrogen) atoms. The predicted octanol–water partition coefficient (Wildman–Crippen LogP) is 3.87. The highest BCUT2D eigenvalue weighted by Gasteiger charge is 2.24. The third kappa shape index (κ3) is 4.64. The third-order valence-corrected chi connectivity index (χ3v) is 7.18. The molecule has 0 spiro atoms. The van der Waals surface area contributed by atoms with Crippen molar-refractivity contribution in [1.82, 2.24) is 24.8 Å². The van der Waals surface area contributed by atoms with E-state index in [4.69, 9.17) is 16.6 Å². The number of nitrogens with zero attached hydrogens (tertiary/aromatic N) is 5. The fraction of sp³-hybridized carbons (Fsp3) is 0.346. The maximum atomic E-state index is 11.8. The smallest absolute Gasteiger partial charge is 0.228 e. The van der Waals surface area contributed by atoms with E-state index in [2.05, 4.69) is 50.5 Å². The largest absolute Gasteiger partial charge is 0.369 e. The number of piperazine rings is 1. The lowest BCUT2D eigenvalue weighted by atomic mass is 10.1. The van der Waals surface area contributed by atoms with Crippen molar-refractivity contribution >= 4 is 52.2 Å². The van der Waals surface area contributed by atoms with Crippen molar-refractivity contribution < 1.29 is 4.79 Å². The zero-order valence-corrected chi connectivity index (χ0v) is 21.0. The molecule has 1 amide bonds. The Kier molecular flexibility index (Phi) is 5.81. The van der Waals surface area contributed by atoms with Crippen LogP contribution in [0, 0.1) is 0 Å². The number of benzene rings is 1. The second-order valence-electron chi connectivity index (χ2n) is 9.73. The van der Waals surface area contributed by atoms with Gasteiger partial charge in [-0.2, -0.15) is 9.61 Å². The normalized spacial score (nSPS) is 19.8. The van der Waals surface area contributed by atoms with Crippen molar-refractivity contribution in [3.05, 3.63) is 58.9 Å². The van der Waals surface area contributed by atoms with E-state index < -0.39 is 0 Å². The first-order valence-corrected chi connectivity index (χ1v) is 12.7. The number of anilines is 4. The molecule has 0 radical (unpaired) electrons. The number of likely N-dealkylation sites (N-methyl/N-ethyl adjacent to an activating group) is 1. The number of hydrogen-bond acceptors (Lipinski definition) is 7. The van der Waals surface area contributed by atoms with Gasteiger partial charge in [0.2, 0.25) is 5.91 Å². The third-order valence-electron chi connectivity index (χ3n) is 6.87. The number of aromatic nitrogens is 3. The summed E-state index contributed by atoms with van der Waals surface area (Å²) in [5, 5.41) is 14.9. The number of halogens is 1. The van der Waals surface area contributed by atoms with E-state index in [-0.39, 0.29) is 5.91 Å². The van der Waals surface area contributed by atoms with Crippen LogP contribution in [-0.2, 0) is 4.79 Å². The summed E-state index contributed by atoms with van der Waals surface area (Å²) in [5.41, 5.74) is 4.89. The lowest BCUT2D eigenvalue weighted by Gasteiger charge is -2.34. The van der Waals surface area contributed by atoms with Gasteiger partial charge >= 0.3 is 0 Å². The first kappa shape index (κ1) is 22.9. The maximum absolute atomic E-state index is 11.8. The molecule has 2 aliphatic heterocycles. The zero-order valence-electron chi connectivity index (χ0n) is 20.2. The second-order valence-corrected chi connectivity index (χ2v) is 10.1. The SMILES string of the molecule is C=C1NC(=O)C/C1=C\c1cnn2c(NC3CC3)cc(Nc3ccc(N4CCN(C)CC4)cc3Cl)nc12. The number of carbonyl (C=O) groups is 1. The van der Waals surface area contributed by atoms with Crippen molar-refractivity contribution in [3.63, 3.8) is 0 Å². The highest BCUT2D eigenvalue weighted by Crippen LogP contribution is 2.33. The molecule has 0 bridgehead atoms. The Hall–Kier alpha value is -3.56. The van der Waals surface area contributed by atoms with Gasteiger partial charge < -0.3 is 25.8 Å². The molecule has 1 aliphatic carbocycles. The predicted molar refractivity (Wildman–Crippen MR) is 144 cm³/mol. The minimum Gasteiger partial charge on any atom is -0.369 e. The van der Waals surface area contributed by atoms with Gasteiger partial charge in [0.15, 0.2) is 5.65 Å². The van der Waals surface area contributed by atoms with E-state index in [1.54, 1.807) is 10.7 Å². The number of rotatable bonds is 6. The minimum atomic E-state index is -0.0520. The Morgan fingerprint density at radius 2 is 2.00 bits per heavy atom. The fourth-order valence-corrected chi connectivity index (χ4v) is 4.81. The lowest BCUT2D eigenvalue weighted by molar-refractivity contribution is -0.118. The van der Waals surface area contributed by atoms with Gasteiger partial charge in [-0.05, 0) is 49.7 Å². The second kappa shape index (κ2) is 9.15. The minimum absolute atomic E-state index is 0.0520. The summed E-state index contributed by atoms with van der Waals surface area (Å²) in [6.07, 6.45) is 6.27. The Labute approximate surface area is 214 Å². The van der Waals surface area contributed by atoms with Crippen LogP contribution in [0.3, 0.4) is 0 Å². The molecule has 1 aromatic carbocycles. The number of nitrogens with one attached hydrogen (secondary N) is 3. The van der Waals surface area contributed by atoms with Gasteiger partial charge in [-0.1, -0.05) is 18.2 Å². The number of allylic oxidation sites excluding steroid dienone is 1. The lowest BCUT2D eigenvalue weighted by Crippen LogP contribution is -2.44. The van der Waals surface area contributed by atoms with E-state index >= 15 is 0 Å². The molecule has 0 unspecified atom stereocenters. The van der Waals surface area contributed by atoms with E-state index in [1.807, 2.05) is 24.3 Å². The van der Waals surface area contributed by atoms with Crippen LogP contribution in [0.15, 0.2) is 48.3 Å². The molecule has 3 N–H and O–H groups in total. The van der Waals surface area contributed by atoms with Gasteiger partial charge in [0.25, 0.3) is 0 Å². The quantitative estimate of drug-likeness (QED) is 0.469. The number of hydrogen-bond donors (Lipinski definition) is 3. The summed E-state index contributed by atoms with van der Waals surface area (Å²) < 4.78 is 1.81. The van der Waals surface area contributed by atoms with Crippen LogP contribution in [0.1, 0.15) is 24.8 Å². The standard InChI is InChI=1S/C26H29ClN8O/c1-16-17(12-25(36)29-16)11-18-15-28-35-24(30-19-3-4-19)14-23(32-26(18)35)31-22-6-5-20(13-21(22)27)34-9-7-33(2)8-10-34/h5-6,11,13-15,19,30H,1,3-4,7-10,12H2,2H3,(H,29,36)(H,31,32)/b17-11+. The van der Waals surface area contributed by atoms with Crippen molar-refractivity contribution in [2.45, 2.75) is 25.3 Å². The number of carbonyl (C=O) groups excluding carboxylic acids is 1. The van der Waals surface area contributed by atoms with Gasteiger partial charge in [0.05, 0.1) is 23.3 Å². The first-order valence-electron chi connectivity index (χ1n) is 12.3. The van der Waals surface area contributed by atoms with Crippen LogP contribution in [0.4, 0.5) is 23.0 Å². The Morgan fingerprint density at radius 3 is 2.69 bits per heavy atom. The van der Waals surface area contributed by atoms with Crippen LogP contribution in [-0.4, -0.2) is 64.7 Å². The highest BCUT2D eigenvalue weighted by atomic mass is 35.5. The molecule has 186 valence electrons. The molecule has 3 fully saturated rings. The highest BCUT2D eigenvalue weighted by molar-refractivity contribution is 6.33. The van der Waals surface area contributed by atoms with Crippen molar-refractivity contribution in [1.29, 1.82) is 0 Å². The molecule has 3 aromatic rings. The molecule has 0 atom stereocenters. The molecular weight excluding hydrogens is 476 g/mol. The summed E-state index contributed by atoms with van der Waals surface area (Å²) in [4.78, 5) is 21.3. The van der Waals surface area contributed by atoms with Gasteiger partial charge in [-0.15, -0.1) is 0 Å². The fourth-order valence-electron chi connectivity index (χ4n) is 4.59. The summed E-state index contributed by atoms with van der Waals surface area (Å²) in [5.74, 6) is 1.47. The first-order chi connectivity index (χ1) is 17.4. The summed E-state index contributed by atoms with van der Waals surface area (Å²) >= 11 is 6.71.